The molecule has 0 heterocycles. The van der Waals surface area contributed by atoms with E-state index in [2.05, 4.69) is 17.2 Å². The molecule has 0 aliphatic carbocycles. The summed E-state index contributed by atoms with van der Waals surface area (Å²) in [5.74, 6) is -1.12. The van der Waals surface area contributed by atoms with Crippen LogP contribution in [0.1, 0.15) is 6.42 Å². The summed E-state index contributed by atoms with van der Waals surface area (Å²) < 4.78 is 4.77. The summed E-state index contributed by atoms with van der Waals surface area (Å²) in [6.07, 6.45) is 0.302. The fourth-order valence-electron chi connectivity index (χ4n) is 0.898. The van der Waals surface area contributed by atoms with E-state index in [0.29, 0.717) is 26.1 Å². The third kappa shape index (κ3) is 7.95. The number of hydrogen-bond acceptors (Lipinski definition) is 4. The van der Waals surface area contributed by atoms with Crippen LogP contribution in [0.4, 0.5) is 0 Å². The minimum Gasteiger partial charge on any atom is -0.478 e. The van der Waals surface area contributed by atoms with Crippen molar-refractivity contribution in [2.24, 2.45) is 0 Å². The predicted molar refractivity (Wildman–Crippen MR) is 59.1 cm³/mol. The van der Waals surface area contributed by atoms with Crippen molar-refractivity contribution in [1.29, 1.82) is 0 Å². The van der Waals surface area contributed by atoms with Crippen molar-refractivity contribution >= 4 is 11.9 Å². The van der Waals surface area contributed by atoms with Crippen LogP contribution >= 0.6 is 0 Å². The number of amides is 1. The van der Waals surface area contributed by atoms with E-state index in [1.165, 1.54) is 0 Å². The largest absolute Gasteiger partial charge is 0.478 e. The van der Waals surface area contributed by atoms with Crippen LogP contribution in [0, 0.1) is 0 Å². The van der Waals surface area contributed by atoms with E-state index in [0.717, 1.165) is 0 Å². The summed E-state index contributed by atoms with van der Waals surface area (Å²) in [5.41, 5.74) is 0.0831. The smallest absolute Gasteiger partial charge is 0.332 e. The summed E-state index contributed by atoms with van der Waals surface area (Å²) in [4.78, 5) is 21.5. The van der Waals surface area contributed by atoms with Gasteiger partial charge in [0.05, 0.1) is 6.61 Å². The molecule has 0 aliphatic heterocycles. The van der Waals surface area contributed by atoms with Gasteiger partial charge in [0.15, 0.2) is 0 Å². The summed E-state index contributed by atoms with van der Waals surface area (Å²) in [5, 5.41) is 14.0. The van der Waals surface area contributed by atoms with Crippen molar-refractivity contribution in [3.8, 4) is 0 Å². The Bertz CT molecular complexity index is 253. The Balaban J connectivity index is 3.41. The topological polar surface area (TPSA) is 87.7 Å². The molecule has 3 N–H and O–H groups in total. The van der Waals surface area contributed by atoms with Gasteiger partial charge in [-0.15, -0.1) is 0 Å². The Hall–Kier alpha value is -1.40. The zero-order valence-electron chi connectivity index (χ0n) is 9.41. The number of carboxylic acid groups (broad SMARTS) is 1. The van der Waals surface area contributed by atoms with E-state index in [4.69, 9.17) is 9.84 Å². The van der Waals surface area contributed by atoms with E-state index >= 15 is 0 Å². The van der Waals surface area contributed by atoms with Gasteiger partial charge in [-0.25, -0.2) is 4.79 Å². The van der Waals surface area contributed by atoms with Gasteiger partial charge >= 0.3 is 5.97 Å². The molecule has 1 amide bonds. The molecular weight excluding hydrogens is 212 g/mol. The number of carbonyl (C=O) groups is 2. The first-order chi connectivity index (χ1) is 7.57. The molecule has 0 aliphatic rings. The van der Waals surface area contributed by atoms with Crippen molar-refractivity contribution < 1.29 is 19.4 Å². The Morgan fingerprint density at radius 2 is 2.06 bits per heavy atom. The van der Waals surface area contributed by atoms with E-state index in [1.54, 1.807) is 7.11 Å². The van der Waals surface area contributed by atoms with Crippen LogP contribution in [0.15, 0.2) is 12.2 Å². The van der Waals surface area contributed by atoms with Crippen molar-refractivity contribution in [1.82, 2.24) is 10.6 Å². The van der Waals surface area contributed by atoms with Gasteiger partial charge in [-0.1, -0.05) is 6.58 Å². The third-order valence-corrected chi connectivity index (χ3v) is 1.80. The second-order valence-electron chi connectivity index (χ2n) is 3.18. The second-order valence-corrected chi connectivity index (χ2v) is 3.18. The molecule has 0 saturated carbocycles. The number of carbonyl (C=O) groups excluding carboxylic acids is 1. The fraction of sp³-hybridized carbons (Fsp3) is 0.600. The summed E-state index contributed by atoms with van der Waals surface area (Å²) in [6.45, 7) is 4.92. The lowest BCUT2D eigenvalue weighted by molar-refractivity contribution is -0.132. The quantitative estimate of drug-likeness (QED) is 0.362. The van der Waals surface area contributed by atoms with Gasteiger partial charge in [0.1, 0.15) is 0 Å². The van der Waals surface area contributed by atoms with Gasteiger partial charge in [-0.2, -0.15) is 0 Å². The van der Waals surface area contributed by atoms with E-state index in [9.17, 15) is 9.59 Å². The highest BCUT2D eigenvalue weighted by molar-refractivity contribution is 5.86. The molecule has 16 heavy (non-hydrogen) atoms. The normalized spacial score (nSPS) is 9.81. The molecule has 0 bridgehead atoms. The number of ether oxygens (including phenoxy) is 1. The molecule has 0 rings (SSSR count). The monoisotopic (exact) mass is 230 g/mol. The lowest BCUT2D eigenvalue weighted by Gasteiger charge is -2.05. The average molecular weight is 230 g/mol. The molecule has 0 fully saturated rings. The first-order valence-electron chi connectivity index (χ1n) is 4.95. The van der Waals surface area contributed by atoms with E-state index in [-0.39, 0.29) is 18.0 Å². The Kier molecular flexibility index (Phi) is 8.10. The Morgan fingerprint density at radius 1 is 1.38 bits per heavy atom. The number of aliphatic carboxylic acids is 1. The van der Waals surface area contributed by atoms with Crippen LogP contribution in [-0.2, 0) is 14.3 Å². The summed E-state index contributed by atoms with van der Waals surface area (Å²) >= 11 is 0. The standard InChI is InChI=1S/C10H18N2O4/c1-8(10(14)15)7-11-4-3-9(13)12-5-6-16-2/h11H,1,3-7H2,2H3,(H,12,13)(H,14,15). The maximum absolute atomic E-state index is 11.2. The van der Waals surface area contributed by atoms with Crippen molar-refractivity contribution in [3.63, 3.8) is 0 Å². The summed E-state index contributed by atoms with van der Waals surface area (Å²) in [7, 11) is 1.56. The van der Waals surface area contributed by atoms with Crippen LogP contribution in [0.3, 0.4) is 0 Å². The average Bonchev–Trinajstić information content (AvgIpc) is 2.24. The molecular formula is C10H18N2O4. The number of rotatable bonds is 9. The Morgan fingerprint density at radius 3 is 2.62 bits per heavy atom. The SMILES string of the molecule is C=C(CNCCC(=O)NCCOC)C(=O)O. The molecule has 0 saturated heterocycles. The predicted octanol–water partition coefficient (Wildman–Crippen LogP) is -0.630. The zero-order valence-corrected chi connectivity index (χ0v) is 9.41. The Labute approximate surface area is 94.7 Å². The minimum atomic E-state index is -1.03. The van der Waals surface area contributed by atoms with Crippen LogP contribution in [0.25, 0.3) is 0 Å². The zero-order chi connectivity index (χ0) is 12.4. The van der Waals surface area contributed by atoms with Crippen LogP contribution in [-0.4, -0.2) is 50.3 Å². The molecule has 0 radical (unpaired) electrons. The molecule has 92 valence electrons. The van der Waals surface area contributed by atoms with Crippen molar-refractivity contribution in [3.05, 3.63) is 12.2 Å². The van der Waals surface area contributed by atoms with Gasteiger partial charge < -0.3 is 20.5 Å². The number of nitrogens with one attached hydrogen (secondary N) is 2. The minimum absolute atomic E-state index is 0.0831. The first-order valence-corrected chi connectivity index (χ1v) is 4.95. The van der Waals surface area contributed by atoms with Crippen LogP contribution in [0.2, 0.25) is 0 Å². The molecule has 0 atom stereocenters. The highest BCUT2D eigenvalue weighted by Gasteiger charge is 2.03. The van der Waals surface area contributed by atoms with Crippen LogP contribution in [0.5, 0.6) is 0 Å². The van der Waals surface area contributed by atoms with Gasteiger partial charge in [-0.3, -0.25) is 4.79 Å². The van der Waals surface area contributed by atoms with Gasteiger partial charge in [-0.05, 0) is 0 Å². The fourth-order valence-corrected chi connectivity index (χ4v) is 0.898. The second kappa shape index (κ2) is 8.87. The molecule has 0 aromatic rings. The molecule has 0 aromatic heterocycles. The lowest BCUT2D eigenvalue weighted by atomic mass is 10.3. The first kappa shape index (κ1) is 14.6. The summed E-state index contributed by atoms with van der Waals surface area (Å²) in [6, 6.07) is 0. The highest BCUT2D eigenvalue weighted by Crippen LogP contribution is 1.86. The van der Waals surface area contributed by atoms with Gasteiger partial charge in [0.25, 0.3) is 0 Å². The number of hydrogen-bond donors (Lipinski definition) is 3. The van der Waals surface area contributed by atoms with E-state index in [1.807, 2.05) is 0 Å². The molecule has 0 spiro atoms. The number of methoxy groups -OCH3 is 1. The van der Waals surface area contributed by atoms with E-state index < -0.39 is 5.97 Å². The van der Waals surface area contributed by atoms with Crippen LogP contribution < -0.4 is 10.6 Å². The van der Waals surface area contributed by atoms with Crippen molar-refractivity contribution in [2.75, 3.05) is 33.4 Å². The molecule has 6 nitrogen and oxygen atoms in total. The lowest BCUT2D eigenvalue weighted by Crippen LogP contribution is -2.31. The highest BCUT2D eigenvalue weighted by atomic mass is 16.5. The van der Waals surface area contributed by atoms with Crippen molar-refractivity contribution in [2.45, 2.75) is 6.42 Å². The molecule has 0 aromatic carbocycles. The number of carboxylic acids is 1. The molecule has 0 unspecified atom stereocenters. The van der Waals surface area contributed by atoms with Gasteiger partial charge in [0.2, 0.25) is 5.91 Å². The van der Waals surface area contributed by atoms with Gasteiger partial charge in [0, 0.05) is 38.7 Å². The maximum Gasteiger partial charge on any atom is 0.332 e. The third-order valence-electron chi connectivity index (χ3n) is 1.80. The maximum atomic E-state index is 11.2. The molecule has 6 heteroatoms.